The molecule has 0 aliphatic heterocycles. The van der Waals surface area contributed by atoms with Gasteiger partial charge in [-0.3, -0.25) is 0 Å². The van der Waals surface area contributed by atoms with E-state index in [-0.39, 0.29) is 6.61 Å². The predicted octanol–water partition coefficient (Wildman–Crippen LogP) is 3.37. The van der Waals surface area contributed by atoms with Crippen LogP contribution in [0.5, 0.6) is 0 Å². The van der Waals surface area contributed by atoms with Crippen LogP contribution in [-0.2, 0) is 9.47 Å². The van der Waals surface area contributed by atoms with E-state index < -0.39 is 0 Å². The lowest BCUT2D eigenvalue weighted by atomic mass is 10.7. The van der Waals surface area contributed by atoms with Gasteiger partial charge in [0.15, 0.2) is 0 Å². The van der Waals surface area contributed by atoms with Crippen LogP contribution >= 0.6 is 15.9 Å². The summed E-state index contributed by atoms with van der Waals surface area (Å²) in [5, 5.41) is 15.6. The number of rotatable bonds is 11. The second-order valence-corrected chi connectivity index (χ2v) is 3.70. The van der Waals surface area contributed by atoms with Crippen LogP contribution in [0.15, 0.2) is 35.5 Å². The fraction of sp³-hybridized carbons (Fsp3) is 0.667. The molecule has 126 valence electrons. The zero-order valence-electron chi connectivity index (χ0n) is 12.6. The van der Waals surface area contributed by atoms with Crippen molar-refractivity contribution >= 4 is 15.9 Å². The largest absolute Gasteiger partial charge is 0.394 e. The molecular weight excluding hydrogens is 356 g/mol. The van der Waals surface area contributed by atoms with Crippen molar-refractivity contribution in [2.45, 2.75) is 0 Å². The van der Waals surface area contributed by atoms with Crippen molar-refractivity contribution < 1.29 is 14.6 Å². The lowest BCUT2D eigenvalue weighted by Crippen LogP contribution is -2.02. The first-order chi connectivity index (χ1) is 10.7. The van der Waals surface area contributed by atoms with E-state index in [0.717, 1.165) is 5.33 Å². The zero-order chi connectivity index (χ0) is 17.3. The number of allylic oxidation sites excluding steroid dienone is 1. The second kappa shape index (κ2) is 31.7. The number of hydrogen-bond acceptors (Lipinski definition) is 5. The number of ether oxygens (including phenoxy) is 2. The molecule has 22 heavy (non-hydrogen) atoms. The Hall–Kier alpha value is -1.54. The highest BCUT2D eigenvalue weighted by Crippen LogP contribution is 1.76. The molecule has 0 heterocycles. The van der Waals surface area contributed by atoms with Crippen LogP contribution in [0.1, 0.15) is 0 Å². The summed E-state index contributed by atoms with van der Waals surface area (Å²) in [6, 6.07) is 0. The summed E-state index contributed by atoms with van der Waals surface area (Å²) in [5.41, 5.74) is 15.6. The third-order valence-electron chi connectivity index (χ3n) is 1.38. The Bertz CT molecular complexity index is 331. The fourth-order valence-electron chi connectivity index (χ4n) is 0.633. The van der Waals surface area contributed by atoms with Gasteiger partial charge in [-0.2, -0.15) is 0 Å². The van der Waals surface area contributed by atoms with Gasteiger partial charge in [0, 0.05) is 28.2 Å². The summed E-state index contributed by atoms with van der Waals surface area (Å²) >= 11 is 3.13. The monoisotopic (exact) mass is 378 g/mol. The van der Waals surface area contributed by atoms with Crippen molar-refractivity contribution in [1.29, 1.82) is 0 Å². The molecule has 0 aromatic carbocycles. The summed E-state index contributed by atoms with van der Waals surface area (Å²) in [4.78, 5) is 5.07. The van der Waals surface area contributed by atoms with Crippen molar-refractivity contribution in [3.05, 3.63) is 46.2 Å². The number of aliphatic hydroxyl groups is 1. The molecule has 10 heteroatoms. The molecule has 0 saturated carbocycles. The van der Waals surface area contributed by atoms with E-state index in [1.807, 2.05) is 0 Å². The van der Waals surface area contributed by atoms with Crippen LogP contribution in [-0.4, -0.2) is 56.6 Å². The zero-order valence-corrected chi connectivity index (χ0v) is 14.1. The topological polar surface area (TPSA) is 136 Å². The van der Waals surface area contributed by atoms with Gasteiger partial charge in [-0.25, -0.2) is 0 Å². The molecular formula is C12H23BrN6O3. The highest BCUT2D eigenvalue weighted by Gasteiger charge is 1.82. The molecule has 0 aliphatic carbocycles. The number of alkyl halides is 1. The first kappa shape index (κ1) is 25.4. The van der Waals surface area contributed by atoms with E-state index in [4.69, 9.17) is 25.6 Å². The summed E-state index contributed by atoms with van der Waals surface area (Å²) < 4.78 is 9.67. The van der Waals surface area contributed by atoms with Gasteiger partial charge in [0.2, 0.25) is 0 Å². The maximum absolute atomic E-state index is 8.19. The van der Waals surface area contributed by atoms with E-state index in [1.165, 1.54) is 0 Å². The quantitative estimate of drug-likeness (QED) is 0.147. The predicted molar refractivity (Wildman–Crippen MR) is 90.9 cm³/mol. The third kappa shape index (κ3) is 42.9. The Kier molecular flexibility index (Phi) is 36.6. The van der Waals surface area contributed by atoms with Gasteiger partial charge >= 0.3 is 0 Å². The molecule has 1 N–H and O–H groups in total. The minimum absolute atomic E-state index is 0.0102. The third-order valence-corrected chi connectivity index (χ3v) is 1.84. The summed E-state index contributed by atoms with van der Waals surface area (Å²) in [5.74, 6) is 0. The van der Waals surface area contributed by atoms with Gasteiger partial charge in [-0.1, -0.05) is 38.3 Å². The van der Waals surface area contributed by atoms with Gasteiger partial charge in [-0.05, 0) is 11.1 Å². The average molecular weight is 379 g/mol. The molecule has 0 bridgehead atoms. The van der Waals surface area contributed by atoms with Crippen LogP contribution in [0.2, 0.25) is 0 Å². The van der Waals surface area contributed by atoms with Crippen molar-refractivity contribution in [1.82, 2.24) is 0 Å². The van der Waals surface area contributed by atoms with Crippen LogP contribution in [0.4, 0.5) is 0 Å². The van der Waals surface area contributed by atoms with E-state index in [9.17, 15) is 0 Å². The maximum Gasteiger partial charge on any atom is 0.0697 e. The summed E-state index contributed by atoms with van der Waals surface area (Å²) in [6.07, 6.45) is 3.44. The molecule has 0 aromatic heterocycles. The lowest BCUT2D eigenvalue weighted by Gasteiger charge is -1.95. The Labute approximate surface area is 139 Å². The van der Waals surface area contributed by atoms with Crippen LogP contribution < -0.4 is 0 Å². The molecule has 0 rings (SSSR count). The number of hydrogen-bond donors (Lipinski definition) is 1. The van der Waals surface area contributed by atoms with Crippen molar-refractivity contribution in [3.8, 4) is 0 Å². The van der Waals surface area contributed by atoms with E-state index in [0.29, 0.717) is 39.5 Å². The maximum atomic E-state index is 8.19. The van der Waals surface area contributed by atoms with Gasteiger partial charge in [0.25, 0.3) is 0 Å². The molecule has 0 radical (unpaired) electrons. The van der Waals surface area contributed by atoms with E-state index in [2.05, 4.69) is 49.1 Å². The molecule has 0 fully saturated rings. The van der Waals surface area contributed by atoms with Crippen LogP contribution in [0, 0.1) is 0 Å². The molecule has 0 aromatic rings. The van der Waals surface area contributed by atoms with Crippen molar-refractivity contribution in [2.24, 2.45) is 10.2 Å². The summed E-state index contributed by atoms with van der Waals surface area (Å²) in [7, 11) is 0. The first-order valence-electron chi connectivity index (χ1n) is 6.30. The molecule has 0 spiro atoms. The van der Waals surface area contributed by atoms with Gasteiger partial charge in [-0.15, -0.1) is 13.2 Å². The SMILES string of the molecule is C=CCBr.C=CCOCCN=[N+]=[N-].[N-]=[N+]=NCCOCCO. The smallest absolute Gasteiger partial charge is 0.0697 e. The van der Waals surface area contributed by atoms with Gasteiger partial charge < -0.3 is 14.6 Å². The van der Waals surface area contributed by atoms with Gasteiger partial charge in [0.05, 0.1) is 33.0 Å². The van der Waals surface area contributed by atoms with E-state index in [1.54, 1.807) is 12.2 Å². The summed E-state index contributed by atoms with van der Waals surface area (Å²) in [6.45, 7) is 9.28. The number of halogens is 1. The molecule has 0 amide bonds. The molecule has 0 atom stereocenters. The minimum atomic E-state index is 0.0102. The van der Waals surface area contributed by atoms with Crippen LogP contribution in [0.25, 0.3) is 20.9 Å². The normalized spacial score (nSPS) is 7.91. The highest BCUT2D eigenvalue weighted by molar-refractivity contribution is 9.09. The molecule has 9 nitrogen and oxygen atoms in total. The number of aliphatic hydroxyl groups excluding tert-OH is 1. The Morgan fingerprint density at radius 2 is 1.50 bits per heavy atom. The van der Waals surface area contributed by atoms with Crippen LogP contribution in [0.3, 0.4) is 0 Å². The highest BCUT2D eigenvalue weighted by atomic mass is 79.9. The Morgan fingerprint density at radius 1 is 1.00 bits per heavy atom. The number of nitrogens with zero attached hydrogens (tertiary/aromatic N) is 6. The van der Waals surface area contributed by atoms with Gasteiger partial charge in [0.1, 0.15) is 0 Å². The fourth-order valence-corrected chi connectivity index (χ4v) is 0.633. The molecule has 0 saturated heterocycles. The Balaban J connectivity index is -0.000000266. The lowest BCUT2D eigenvalue weighted by molar-refractivity contribution is 0.0976. The average Bonchev–Trinajstić information content (AvgIpc) is 2.55. The molecule has 0 aliphatic rings. The van der Waals surface area contributed by atoms with Crippen molar-refractivity contribution in [3.63, 3.8) is 0 Å². The minimum Gasteiger partial charge on any atom is -0.394 e. The molecule has 0 unspecified atom stereocenters. The second-order valence-electron chi connectivity index (χ2n) is 3.05. The first-order valence-corrected chi connectivity index (χ1v) is 7.43. The standard InChI is InChI=1S/C5H9N3O.C4H9N3O2.C3H5Br/c1-2-4-9-5-3-7-8-6;5-7-6-1-3-9-4-2-8;1-2-3-4/h2H,1,3-5H2;8H,1-4H2;2H,1,3H2. The number of azide groups is 2. The Morgan fingerprint density at radius 3 is 1.86 bits per heavy atom. The van der Waals surface area contributed by atoms with E-state index >= 15 is 0 Å². The van der Waals surface area contributed by atoms with Crippen molar-refractivity contribution in [2.75, 3.05) is 51.5 Å².